The number of hydrogen-bond donors (Lipinski definition) is 0. The molecule has 0 saturated heterocycles. The van der Waals surface area contributed by atoms with Gasteiger partial charge in [-0.1, -0.05) is 0 Å². The average Bonchev–Trinajstić information content (AvgIpc) is 2.91. The van der Waals surface area contributed by atoms with E-state index in [1.807, 2.05) is 0 Å². The zero-order valence-electron chi connectivity index (χ0n) is 15.2. The summed E-state index contributed by atoms with van der Waals surface area (Å²) >= 11 is -3.35. The minimum absolute atomic E-state index is 0. The maximum Gasteiger partial charge on any atom is 4.00 e. The van der Waals surface area contributed by atoms with Crippen LogP contribution in [0.1, 0.15) is 12.8 Å². The quantitative estimate of drug-likeness (QED) is 0.279. The first-order valence-electron chi connectivity index (χ1n) is 6.77. The summed E-state index contributed by atoms with van der Waals surface area (Å²) in [6.45, 7) is 0. The van der Waals surface area contributed by atoms with Crippen molar-refractivity contribution in [2.75, 3.05) is 0 Å². The average molecular weight is 577 g/mol. The fourth-order valence-electron chi connectivity index (χ4n) is 1.84. The van der Waals surface area contributed by atoms with E-state index in [4.69, 9.17) is 0 Å². The third-order valence-corrected chi connectivity index (χ3v) is 14.2. The topological polar surface area (TPSA) is 0 Å². The Morgan fingerprint density at radius 3 is 1.10 bits per heavy atom. The maximum atomic E-state index is 3.40. The Hall–Kier alpha value is 1.44. The molecule has 2 aliphatic carbocycles. The van der Waals surface area contributed by atoms with Crippen LogP contribution < -0.4 is 0 Å². The molecule has 0 saturated carbocycles. The van der Waals surface area contributed by atoms with Gasteiger partial charge in [0, 0.05) is 0 Å². The minimum atomic E-state index is -1.67. The van der Waals surface area contributed by atoms with Gasteiger partial charge in [-0.3, -0.25) is 0 Å². The third-order valence-electron chi connectivity index (χ3n) is 3.01. The van der Waals surface area contributed by atoms with Gasteiger partial charge in [0.05, 0.1) is 0 Å². The molecule has 2 aliphatic rings. The van der Waals surface area contributed by atoms with Crippen molar-refractivity contribution in [2.24, 2.45) is 0 Å². The molecule has 0 nitrogen and oxygen atoms in total. The van der Waals surface area contributed by atoms with Crippen LogP contribution in [0.2, 0.25) is 29.6 Å². The van der Waals surface area contributed by atoms with E-state index < -0.39 is 36.8 Å². The van der Waals surface area contributed by atoms with Crippen LogP contribution >= 0.6 is 0 Å². The van der Waals surface area contributed by atoms with Crippen molar-refractivity contribution in [3.05, 3.63) is 58.5 Å². The zero-order chi connectivity index (χ0) is 13.8. The van der Waals surface area contributed by atoms with E-state index in [9.17, 15) is 0 Å². The molecule has 116 valence electrons. The van der Waals surface area contributed by atoms with Crippen LogP contribution in [-0.2, 0) is 26.2 Å². The Bertz CT molecular complexity index is 362. The van der Waals surface area contributed by atoms with Crippen LogP contribution in [0.25, 0.3) is 0 Å². The molecule has 0 radical (unpaired) electrons. The molecule has 2 rings (SSSR count). The van der Waals surface area contributed by atoms with Gasteiger partial charge in [-0.25, -0.2) is 0 Å². The number of rotatable bonds is 2. The SMILES string of the molecule is [CH3-].[CH3-].[CH3][Sn]([CH3])([CH3])[C]1=[C-]CC=C1.[CH3][Sn]([CH3])([CH3])[C]1=[C-]CC=C1.[Zr+4]. The predicted octanol–water partition coefficient (Wildman–Crippen LogP) is 6.00. The van der Waals surface area contributed by atoms with Crippen LogP contribution in [0.5, 0.6) is 0 Å². The molecule has 0 N–H and O–H groups in total. The summed E-state index contributed by atoms with van der Waals surface area (Å²) < 4.78 is 3.12. The molecule has 0 atom stereocenters. The molecule has 0 bridgehead atoms. The molecule has 0 aromatic rings. The van der Waals surface area contributed by atoms with Crippen LogP contribution in [0.3, 0.4) is 0 Å². The van der Waals surface area contributed by atoms with Crippen LogP contribution in [0.15, 0.2) is 31.5 Å². The van der Waals surface area contributed by atoms with E-state index in [0.717, 1.165) is 12.8 Å². The van der Waals surface area contributed by atoms with E-state index >= 15 is 0 Å². The fourth-order valence-corrected chi connectivity index (χ4v) is 8.98. The Labute approximate surface area is 162 Å². The second-order valence-corrected chi connectivity index (χ2v) is 35.7. The van der Waals surface area contributed by atoms with Gasteiger partial charge >= 0.3 is 149 Å². The van der Waals surface area contributed by atoms with Crippen LogP contribution in [-0.4, -0.2) is 36.8 Å². The van der Waals surface area contributed by atoms with E-state index in [-0.39, 0.29) is 41.1 Å². The van der Waals surface area contributed by atoms with Gasteiger partial charge < -0.3 is 14.9 Å². The van der Waals surface area contributed by atoms with E-state index in [0.29, 0.717) is 0 Å². The summed E-state index contributed by atoms with van der Waals surface area (Å²) in [5, 5.41) is 0. The van der Waals surface area contributed by atoms with Gasteiger partial charge in [0.25, 0.3) is 0 Å². The predicted molar refractivity (Wildman–Crippen MR) is 101 cm³/mol. The van der Waals surface area contributed by atoms with E-state index in [1.165, 1.54) is 0 Å². The largest absolute Gasteiger partial charge is 4.00 e. The Kier molecular flexibility index (Phi) is 15.5. The molecular formula is C18H32Sn2Zr. The van der Waals surface area contributed by atoms with E-state index in [1.54, 1.807) is 7.18 Å². The monoisotopic (exact) mass is 578 g/mol. The smallest absolute Gasteiger partial charge is 4.00 e. The number of allylic oxidation sites excluding steroid dienone is 8. The summed E-state index contributed by atoms with van der Waals surface area (Å²) in [4.78, 5) is 14.5. The first-order chi connectivity index (χ1) is 8.21. The van der Waals surface area contributed by atoms with Crippen LogP contribution in [0, 0.1) is 27.0 Å². The molecule has 0 amide bonds. The van der Waals surface area contributed by atoms with Gasteiger partial charge in [-0.15, -0.1) is 0 Å². The van der Waals surface area contributed by atoms with Gasteiger partial charge in [-0.2, -0.15) is 0 Å². The van der Waals surface area contributed by atoms with Crippen LogP contribution in [0.4, 0.5) is 0 Å². The van der Waals surface area contributed by atoms with Crippen molar-refractivity contribution in [3.8, 4) is 0 Å². The third kappa shape index (κ3) is 10.8. The second-order valence-electron chi connectivity index (χ2n) is 6.89. The van der Waals surface area contributed by atoms with Crippen molar-refractivity contribution < 1.29 is 26.2 Å². The Morgan fingerprint density at radius 1 is 0.714 bits per heavy atom. The maximum absolute atomic E-state index is 3.40. The van der Waals surface area contributed by atoms with Gasteiger partial charge in [0.2, 0.25) is 0 Å². The molecule has 0 fully saturated rings. The van der Waals surface area contributed by atoms with Gasteiger partial charge in [-0.05, 0) is 0 Å². The molecule has 0 heterocycles. The molecule has 0 unspecified atom stereocenters. The van der Waals surface area contributed by atoms with Crippen molar-refractivity contribution in [2.45, 2.75) is 42.5 Å². The Balaban J connectivity index is -0.000000270. The molecule has 3 heteroatoms. The summed E-state index contributed by atoms with van der Waals surface area (Å²) in [5.74, 6) is 0. The first kappa shape index (κ1) is 27.3. The first-order valence-corrected chi connectivity index (χ1v) is 26.7. The second kappa shape index (κ2) is 11.9. The Morgan fingerprint density at radius 2 is 1.00 bits per heavy atom. The molecule has 0 aromatic carbocycles. The molecular weight excluding hydrogens is 545 g/mol. The number of hydrogen-bond acceptors (Lipinski definition) is 0. The van der Waals surface area contributed by atoms with Gasteiger partial charge in [0.15, 0.2) is 0 Å². The fraction of sp³-hybridized carbons (Fsp3) is 0.444. The van der Waals surface area contributed by atoms with Crippen molar-refractivity contribution >= 4 is 36.8 Å². The summed E-state index contributed by atoms with van der Waals surface area (Å²) in [7, 11) is 0. The van der Waals surface area contributed by atoms with Crippen molar-refractivity contribution in [1.29, 1.82) is 0 Å². The summed E-state index contributed by atoms with van der Waals surface area (Å²) in [6, 6.07) is 0. The standard InChI is InChI=1S/2C5H4.8CH3.2Sn.Zr/c2*1-2-4-5-3-1;;;;;;;;;;;/h2*1-2H,3H2;8*1H3;;;/q2*-1;;;;;;;2*-1;;;+4. The minimum Gasteiger partial charge on any atom is 4.00 e. The van der Waals surface area contributed by atoms with Crippen molar-refractivity contribution in [1.82, 2.24) is 0 Å². The molecule has 0 spiro atoms. The molecule has 0 aliphatic heterocycles. The normalized spacial score (nSPS) is 15.7. The molecule has 0 aromatic heterocycles. The van der Waals surface area contributed by atoms with Crippen molar-refractivity contribution in [3.63, 3.8) is 0 Å². The summed E-state index contributed by atoms with van der Waals surface area (Å²) in [5.41, 5.74) is 0. The van der Waals surface area contributed by atoms with E-state index in [2.05, 4.69) is 66.1 Å². The van der Waals surface area contributed by atoms with Gasteiger partial charge in [0.1, 0.15) is 0 Å². The molecule has 21 heavy (non-hydrogen) atoms. The zero-order valence-corrected chi connectivity index (χ0v) is 23.4. The summed E-state index contributed by atoms with van der Waals surface area (Å²) in [6.07, 6.45) is 17.8.